The molecule has 0 aliphatic rings. The zero-order valence-corrected chi connectivity index (χ0v) is 12.0. The van der Waals surface area contributed by atoms with Gasteiger partial charge in [0.25, 0.3) is 0 Å². The monoisotopic (exact) mass is 258 g/mol. The maximum atomic E-state index is 11.6. The summed E-state index contributed by atoms with van der Waals surface area (Å²) in [7, 11) is 0. The van der Waals surface area contributed by atoms with Gasteiger partial charge in [0.2, 0.25) is 11.8 Å². The second-order valence-electron chi connectivity index (χ2n) is 5.86. The molecule has 0 aromatic rings. The van der Waals surface area contributed by atoms with Crippen LogP contribution >= 0.6 is 0 Å². The molecular formula is C13H26N2O3. The highest BCUT2D eigenvalue weighted by Gasteiger charge is 2.21. The fourth-order valence-electron chi connectivity index (χ4n) is 1.26. The fraction of sp³-hybridized carbons (Fsp3) is 0.846. The smallest absolute Gasteiger partial charge is 0.225 e. The maximum Gasteiger partial charge on any atom is 0.225 e. The third kappa shape index (κ3) is 6.59. The van der Waals surface area contributed by atoms with E-state index in [9.17, 15) is 9.59 Å². The van der Waals surface area contributed by atoms with Gasteiger partial charge in [-0.3, -0.25) is 9.59 Å². The van der Waals surface area contributed by atoms with Crippen LogP contribution in [0.25, 0.3) is 0 Å². The number of aliphatic hydroxyl groups excluding tert-OH is 1. The maximum absolute atomic E-state index is 11.6. The lowest BCUT2D eigenvalue weighted by atomic mass is 9.96. The number of aliphatic hydroxyl groups is 1. The Balaban J connectivity index is 3.95. The Morgan fingerprint density at radius 3 is 2.17 bits per heavy atom. The predicted molar refractivity (Wildman–Crippen MR) is 70.9 cm³/mol. The van der Waals surface area contributed by atoms with E-state index in [0.29, 0.717) is 6.54 Å². The van der Waals surface area contributed by atoms with E-state index in [1.165, 1.54) is 0 Å². The van der Waals surface area contributed by atoms with Crippen LogP contribution in [0.15, 0.2) is 0 Å². The third-order valence-corrected chi connectivity index (χ3v) is 2.67. The van der Waals surface area contributed by atoms with E-state index in [2.05, 4.69) is 10.6 Å². The minimum absolute atomic E-state index is 0.0714. The van der Waals surface area contributed by atoms with E-state index in [1.54, 1.807) is 0 Å². The van der Waals surface area contributed by atoms with Crippen molar-refractivity contribution in [1.29, 1.82) is 0 Å². The van der Waals surface area contributed by atoms with Crippen molar-refractivity contribution < 1.29 is 14.7 Å². The standard InChI is InChI=1S/C13H26N2O3/c1-9(2)10(8-16)15-11(17)6-7-14-12(18)13(3,4)5/h9-10,16H,6-8H2,1-5H3,(H,14,18)(H,15,17). The third-order valence-electron chi connectivity index (χ3n) is 2.67. The van der Waals surface area contributed by atoms with Crippen molar-refractivity contribution in [3.63, 3.8) is 0 Å². The number of amides is 2. The molecule has 0 aliphatic heterocycles. The number of rotatable bonds is 6. The van der Waals surface area contributed by atoms with E-state index in [-0.39, 0.29) is 36.8 Å². The molecule has 106 valence electrons. The van der Waals surface area contributed by atoms with Gasteiger partial charge in [-0.15, -0.1) is 0 Å². The Labute approximate surface area is 109 Å². The first-order valence-electron chi connectivity index (χ1n) is 6.37. The van der Waals surface area contributed by atoms with E-state index in [0.717, 1.165) is 0 Å². The Morgan fingerprint density at radius 2 is 1.78 bits per heavy atom. The first-order valence-corrected chi connectivity index (χ1v) is 6.37. The molecular weight excluding hydrogens is 232 g/mol. The molecule has 0 rings (SSSR count). The van der Waals surface area contributed by atoms with Crippen molar-refractivity contribution >= 4 is 11.8 Å². The zero-order chi connectivity index (χ0) is 14.3. The van der Waals surface area contributed by atoms with Crippen LogP contribution in [0.5, 0.6) is 0 Å². The number of hydrogen-bond acceptors (Lipinski definition) is 3. The Hall–Kier alpha value is -1.10. The summed E-state index contributed by atoms with van der Waals surface area (Å²) < 4.78 is 0. The number of carbonyl (C=O) groups is 2. The first-order chi connectivity index (χ1) is 8.18. The molecule has 0 saturated carbocycles. The zero-order valence-electron chi connectivity index (χ0n) is 12.0. The average Bonchev–Trinajstić information content (AvgIpc) is 2.23. The van der Waals surface area contributed by atoms with Gasteiger partial charge < -0.3 is 15.7 Å². The van der Waals surface area contributed by atoms with Crippen molar-refractivity contribution in [2.45, 2.75) is 47.1 Å². The molecule has 0 saturated heterocycles. The van der Waals surface area contributed by atoms with Crippen LogP contribution in [0.3, 0.4) is 0 Å². The summed E-state index contributed by atoms with van der Waals surface area (Å²) in [4.78, 5) is 23.1. The van der Waals surface area contributed by atoms with Crippen LogP contribution in [-0.4, -0.2) is 36.1 Å². The predicted octanol–water partition coefficient (Wildman–Crippen LogP) is 0.672. The van der Waals surface area contributed by atoms with Crippen LogP contribution in [0, 0.1) is 11.3 Å². The lowest BCUT2D eigenvalue weighted by Gasteiger charge is -2.20. The van der Waals surface area contributed by atoms with Gasteiger partial charge in [0.1, 0.15) is 0 Å². The van der Waals surface area contributed by atoms with Crippen LogP contribution in [-0.2, 0) is 9.59 Å². The normalized spacial score (nSPS) is 13.3. The second-order valence-corrected chi connectivity index (χ2v) is 5.86. The Morgan fingerprint density at radius 1 is 1.22 bits per heavy atom. The molecule has 0 radical (unpaired) electrons. The van der Waals surface area contributed by atoms with Gasteiger partial charge in [-0.1, -0.05) is 34.6 Å². The van der Waals surface area contributed by atoms with Gasteiger partial charge in [-0.2, -0.15) is 0 Å². The Bertz CT molecular complexity index is 282. The molecule has 3 N–H and O–H groups in total. The highest BCUT2D eigenvalue weighted by molar-refractivity contribution is 5.82. The quantitative estimate of drug-likeness (QED) is 0.655. The Kier molecular flexibility index (Phi) is 6.91. The number of carbonyl (C=O) groups excluding carboxylic acids is 2. The van der Waals surface area contributed by atoms with Crippen LogP contribution < -0.4 is 10.6 Å². The van der Waals surface area contributed by atoms with E-state index in [1.807, 2.05) is 34.6 Å². The molecule has 0 aromatic heterocycles. The summed E-state index contributed by atoms with van der Waals surface area (Å²) in [6.45, 7) is 9.58. The van der Waals surface area contributed by atoms with Crippen molar-refractivity contribution in [2.75, 3.05) is 13.2 Å². The fourth-order valence-corrected chi connectivity index (χ4v) is 1.26. The summed E-state index contributed by atoms with van der Waals surface area (Å²) in [6.07, 6.45) is 0.227. The van der Waals surface area contributed by atoms with Gasteiger partial charge in [0.05, 0.1) is 12.6 Å². The van der Waals surface area contributed by atoms with Gasteiger partial charge >= 0.3 is 0 Å². The minimum atomic E-state index is -0.442. The molecule has 0 heterocycles. The number of nitrogens with one attached hydrogen (secondary N) is 2. The van der Waals surface area contributed by atoms with Crippen LogP contribution in [0.4, 0.5) is 0 Å². The largest absolute Gasteiger partial charge is 0.394 e. The lowest BCUT2D eigenvalue weighted by Crippen LogP contribution is -2.43. The van der Waals surface area contributed by atoms with Gasteiger partial charge in [-0.05, 0) is 5.92 Å². The van der Waals surface area contributed by atoms with Crippen LogP contribution in [0.1, 0.15) is 41.0 Å². The highest BCUT2D eigenvalue weighted by atomic mass is 16.3. The molecule has 0 fully saturated rings. The molecule has 0 bridgehead atoms. The SMILES string of the molecule is CC(C)C(CO)NC(=O)CCNC(=O)C(C)(C)C. The van der Waals surface area contributed by atoms with Crippen LogP contribution in [0.2, 0.25) is 0 Å². The average molecular weight is 258 g/mol. The van der Waals surface area contributed by atoms with E-state index >= 15 is 0 Å². The summed E-state index contributed by atoms with van der Waals surface area (Å²) in [5.41, 5.74) is -0.442. The topological polar surface area (TPSA) is 78.4 Å². The summed E-state index contributed by atoms with van der Waals surface area (Å²) in [6, 6.07) is -0.226. The first kappa shape index (κ1) is 16.9. The second kappa shape index (κ2) is 7.36. The molecule has 0 aromatic carbocycles. The van der Waals surface area contributed by atoms with Crippen molar-refractivity contribution in [1.82, 2.24) is 10.6 Å². The summed E-state index contributed by atoms with van der Waals surface area (Å²) >= 11 is 0. The molecule has 1 unspecified atom stereocenters. The highest BCUT2D eigenvalue weighted by Crippen LogP contribution is 2.12. The van der Waals surface area contributed by atoms with Gasteiger partial charge in [-0.25, -0.2) is 0 Å². The number of hydrogen-bond donors (Lipinski definition) is 3. The minimum Gasteiger partial charge on any atom is -0.394 e. The summed E-state index contributed by atoms with van der Waals surface area (Å²) in [5.74, 6) is -0.0436. The van der Waals surface area contributed by atoms with E-state index < -0.39 is 5.41 Å². The van der Waals surface area contributed by atoms with E-state index in [4.69, 9.17) is 5.11 Å². The molecule has 2 amide bonds. The molecule has 5 nitrogen and oxygen atoms in total. The molecule has 0 spiro atoms. The molecule has 0 aliphatic carbocycles. The molecule has 1 atom stereocenters. The summed E-state index contributed by atoms with van der Waals surface area (Å²) in [5, 5.41) is 14.5. The van der Waals surface area contributed by atoms with Gasteiger partial charge in [0, 0.05) is 18.4 Å². The lowest BCUT2D eigenvalue weighted by molar-refractivity contribution is -0.128. The molecule has 18 heavy (non-hydrogen) atoms. The van der Waals surface area contributed by atoms with Gasteiger partial charge in [0.15, 0.2) is 0 Å². The van der Waals surface area contributed by atoms with Crippen molar-refractivity contribution in [3.8, 4) is 0 Å². The van der Waals surface area contributed by atoms with Crippen molar-refractivity contribution in [2.24, 2.45) is 11.3 Å². The van der Waals surface area contributed by atoms with Crippen molar-refractivity contribution in [3.05, 3.63) is 0 Å². The molecule has 5 heteroatoms.